The highest BCUT2D eigenvalue weighted by Crippen LogP contribution is 2.37. The molecule has 5 nitrogen and oxygen atoms in total. The molecule has 0 saturated carbocycles. The van der Waals surface area contributed by atoms with Crippen LogP contribution in [-0.4, -0.2) is 21.3 Å². The van der Waals surface area contributed by atoms with Crippen molar-refractivity contribution in [1.29, 1.82) is 0 Å². The number of nitrogens with one attached hydrogen (secondary N) is 1. The summed E-state index contributed by atoms with van der Waals surface area (Å²) >= 11 is 0. The second kappa shape index (κ2) is 5.26. The van der Waals surface area contributed by atoms with Crippen LogP contribution in [0, 0.1) is 0 Å². The van der Waals surface area contributed by atoms with Crippen LogP contribution in [-0.2, 0) is 12.4 Å². The molecule has 0 amide bonds. The minimum absolute atomic E-state index is 0.0610. The number of benzene rings is 1. The summed E-state index contributed by atoms with van der Waals surface area (Å²) in [7, 11) is 0. The summed E-state index contributed by atoms with van der Waals surface area (Å²) < 4.78 is 84.8. The molecule has 1 aromatic carbocycles. The molecule has 0 radical (unpaired) electrons. The average molecular weight is 374 g/mol. The van der Waals surface area contributed by atoms with Gasteiger partial charge in [0.25, 0.3) is 0 Å². The topological polar surface area (TPSA) is 52.0 Å². The summed E-state index contributed by atoms with van der Waals surface area (Å²) in [5.41, 5.74) is -1.65. The van der Waals surface area contributed by atoms with E-state index in [1.807, 2.05) is 0 Å². The molecule has 3 aromatic rings. The summed E-state index contributed by atoms with van der Waals surface area (Å²) in [4.78, 5) is 6.80. The van der Waals surface area contributed by atoms with Crippen molar-refractivity contribution in [2.75, 3.05) is 12.0 Å². The van der Waals surface area contributed by atoms with Gasteiger partial charge in [0.15, 0.2) is 12.4 Å². The zero-order valence-electron chi connectivity index (χ0n) is 12.6. The predicted octanol–water partition coefficient (Wildman–Crippen LogP) is 4.22. The highest BCUT2D eigenvalue weighted by Gasteiger charge is 2.40. The van der Waals surface area contributed by atoms with E-state index in [0.29, 0.717) is 16.3 Å². The molecule has 26 heavy (non-hydrogen) atoms. The van der Waals surface area contributed by atoms with Gasteiger partial charge in [-0.2, -0.15) is 26.3 Å². The maximum Gasteiger partial charge on any atom is 0.450 e. The molecule has 2 aromatic heterocycles. The molecule has 0 spiro atoms. The van der Waals surface area contributed by atoms with E-state index in [2.05, 4.69) is 15.3 Å². The van der Waals surface area contributed by atoms with Gasteiger partial charge in [-0.3, -0.25) is 4.57 Å². The highest BCUT2D eigenvalue weighted by atomic mass is 19.4. The van der Waals surface area contributed by atoms with Gasteiger partial charge in [0.2, 0.25) is 5.82 Å². The molecular weight excluding hydrogens is 366 g/mol. The minimum atomic E-state index is -4.89. The summed E-state index contributed by atoms with van der Waals surface area (Å²) in [6, 6.07) is 5.53. The van der Waals surface area contributed by atoms with E-state index in [0.717, 1.165) is 6.07 Å². The van der Waals surface area contributed by atoms with Crippen LogP contribution in [0.4, 0.5) is 32.0 Å². The van der Waals surface area contributed by atoms with Gasteiger partial charge in [-0.25, -0.2) is 9.97 Å². The fourth-order valence-electron chi connectivity index (χ4n) is 2.66. The first-order chi connectivity index (χ1) is 12.1. The van der Waals surface area contributed by atoms with Crippen molar-refractivity contribution in [3.05, 3.63) is 41.9 Å². The number of anilines is 1. The zero-order valence-corrected chi connectivity index (χ0v) is 12.6. The lowest BCUT2D eigenvalue weighted by atomic mass is 10.2. The third kappa shape index (κ3) is 2.59. The van der Waals surface area contributed by atoms with Crippen LogP contribution in [0.2, 0.25) is 0 Å². The molecule has 11 heteroatoms. The molecule has 1 N–H and O–H groups in total. The van der Waals surface area contributed by atoms with Crippen molar-refractivity contribution >= 4 is 16.9 Å². The zero-order chi connectivity index (χ0) is 18.7. The molecule has 0 unspecified atom stereocenters. The van der Waals surface area contributed by atoms with Crippen molar-refractivity contribution in [3.8, 4) is 11.4 Å². The van der Waals surface area contributed by atoms with E-state index in [1.165, 1.54) is 18.2 Å². The Hall–Kier alpha value is -2.98. The lowest BCUT2D eigenvalue weighted by Crippen LogP contribution is -2.14. The first kappa shape index (κ1) is 16.5. The predicted molar refractivity (Wildman–Crippen MR) is 78.0 cm³/mol. The van der Waals surface area contributed by atoms with Crippen molar-refractivity contribution in [3.63, 3.8) is 0 Å². The number of hydrogen-bond acceptors (Lipinski definition) is 4. The maximum absolute atomic E-state index is 13.4. The Morgan fingerprint density at radius 1 is 0.962 bits per heavy atom. The van der Waals surface area contributed by atoms with Crippen LogP contribution >= 0.6 is 0 Å². The van der Waals surface area contributed by atoms with Gasteiger partial charge < -0.3 is 10.1 Å². The Morgan fingerprint density at radius 2 is 1.73 bits per heavy atom. The van der Waals surface area contributed by atoms with Crippen molar-refractivity contribution in [2.24, 2.45) is 0 Å². The number of aromatic nitrogens is 3. The lowest BCUT2D eigenvalue weighted by molar-refractivity contribution is -0.145. The van der Waals surface area contributed by atoms with E-state index < -0.39 is 29.5 Å². The number of fused-ring (bicyclic) bond motifs is 2. The standard InChI is InChI=1S/C15H8F6N4O/c16-14(17,18)11-4-3-9-12(24-11)25(13(23-9)15(19,20)21)7-1-2-8-10(5-7)26-6-22-8/h1-5,22H,6H2. The van der Waals surface area contributed by atoms with E-state index in [1.54, 1.807) is 0 Å². The Bertz CT molecular complexity index is 1010. The normalized spacial score (nSPS) is 14.2. The van der Waals surface area contributed by atoms with Crippen molar-refractivity contribution in [2.45, 2.75) is 12.4 Å². The minimum Gasteiger partial charge on any atom is -0.471 e. The molecule has 0 bridgehead atoms. The Morgan fingerprint density at radius 3 is 2.42 bits per heavy atom. The monoisotopic (exact) mass is 374 g/mol. The Kier molecular flexibility index (Phi) is 3.33. The van der Waals surface area contributed by atoms with E-state index in [-0.39, 0.29) is 23.7 Å². The number of halogens is 6. The van der Waals surface area contributed by atoms with Crippen LogP contribution < -0.4 is 10.1 Å². The number of imidazole rings is 1. The lowest BCUT2D eigenvalue weighted by Gasteiger charge is -2.12. The molecule has 3 heterocycles. The van der Waals surface area contributed by atoms with E-state index in [4.69, 9.17) is 4.74 Å². The number of pyridine rings is 1. The van der Waals surface area contributed by atoms with E-state index >= 15 is 0 Å². The SMILES string of the molecule is FC(F)(F)c1ccc2nc(C(F)(F)F)n(-c3ccc4c(c3)OCN4)c2n1. The van der Waals surface area contributed by atoms with Crippen molar-refractivity contribution in [1.82, 2.24) is 14.5 Å². The van der Waals surface area contributed by atoms with Gasteiger partial charge in [0, 0.05) is 6.07 Å². The smallest absolute Gasteiger partial charge is 0.450 e. The molecule has 4 rings (SSSR count). The summed E-state index contributed by atoms with van der Waals surface area (Å²) in [6.07, 6.45) is -9.69. The molecule has 0 aliphatic carbocycles. The van der Waals surface area contributed by atoms with Gasteiger partial charge in [-0.1, -0.05) is 0 Å². The quantitative estimate of drug-likeness (QED) is 0.648. The summed E-state index contributed by atoms with van der Waals surface area (Å²) in [6.45, 7) is 0.145. The van der Waals surface area contributed by atoms with E-state index in [9.17, 15) is 26.3 Å². The van der Waals surface area contributed by atoms with Gasteiger partial charge in [0.1, 0.15) is 17.0 Å². The number of alkyl halides is 6. The Labute approximate surface area is 141 Å². The van der Waals surface area contributed by atoms with Gasteiger partial charge >= 0.3 is 12.4 Å². The van der Waals surface area contributed by atoms with Gasteiger partial charge in [-0.05, 0) is 24.3 Å². The summed E-state index contributed by atoms with van der Waals surface area (Å²) in [5.74, 6) is -1.09. The second-order valence-electron chi connectivity index (χ2n) is 5.45. The molecule has 0 fully saturated rings. The van der Waals surface area contributed by atoms with Gasteiger partial charge in [-0.15, -0.1) is 0 Å². The van der Waals surface area contributed by atoms with Crippen molar-refractivity contribution < 1.29 is 31.1 Å². The Balaban J connectivity index is 2.01. The largest absolute Gasteiger partial charge is 0.471 e. The molecule has 1 aliphatic heterocycles. The third-order valence-corrected chi connectivity index (χ3v) is 3.76. The fraction of sp³-hybridized carbons (Fsp3) is 0.200. The fourth-order valence-corrected chi connectivity index (χ4v) is 2.66. The number of nitrogens with zero attached hydrogens (tertiary/aromatic N) is 3. The summed E-state index contributed by atoms with van der Waals surface area (Å²) in [5, 5.41) is 2.85. The molecule has 1 aliphatic rings. The second-order valence-corrected chi connectivity index (χ2v) is 5.45. The highest BCUT2D eigenvalue weighted by molar-refractivity contribution is 5.75. The molecular formula is C15H8F6N4O. The number of hydrogen-bond donors (Lipinski definition) is 1. The third-order valence-electron chi connectivity index (χ3n) is 3.76. The average Bonchev–Trinajstić information content (AvgIpc) is 3.16. The van der Waals surface area contributed by atoms with Crippen LogP contribution in [0.3, 0.4) is 0 Å². The van der Waals surface area contributed by atoms with Gasteiger partial charge in [0.05, 0.1) is 11.4 Å². The first-order valence-corrected chi connectivity index (χ1v) is 7.19. The van der Waals surface area contributed by atoms with Crippen LogP contribution in [0.1, 0.15) is 11.5 Å². The first-order valence-electron chi connectivity index (χ1n) is 7.19. The van der Waals surface area contributed by atoms with Crippen LogP contribution in [0.5, 0.6) is 5.75 Å². The number of ether oxygens (including phenoxy) is 1. The van der Waals surface area contributed by atoms with Crippen LogP contribution in [0.25, 0.3) is 16.9 Å². The maximum atomic E-state index is 13.4. The molecule has 0 saturated heterocycles. The van der Waals surface area contributed by atoms with Crippen LogP contribution in [0.15, 0.2) is 30.3 Å². The molecule has 0 atom stereocenters. The number of rotatable bonds is 1. The molecule has 136 valence electrons.